The van der Waals surface area contributed by atoms with Gasteiger partial charge in [-0.15, -0.1) is 11.3 Å². The highest BCUT2D eigenvalue weighted by Crippen LogP contribution is 2.34. The molecule has 0 spiro atoms. The van der Waals surface area contributed by atoms with Gasteiger partial charge in [0, 0.05) is 21.8 Å². The molecular formula is C26H21ClN4O2S2. The van der Waals surface area contributed by atoms with Crippen LogP contribution >= 0.6 is 34.7 Å². The average molecular weight is 521 g/mol. The molecule has 0 aliphatic carbocycles. The number of carbonyl (C=O) groups excluding carboxylic acids is 1. The minimum absolute atomic E-state index is 0.0951. The van der Waals surface area contributed by atoms with E-state index in [0.29, 0.717) is 26.1 Å². The number of halogens is 1. The van der Waals surface area contributed by atoms with Crippen molar-refractivity contribution in [1.29, 1.82) is 0 Å². The first-order valence-electron chi connectivity index (χ1n) is 10.9. The predicted molar refractivity (Wildman–Crippen MR) is 146 cm³/mol. The van der Waals surface area contributed by atoms with E-state index in [9.17, 15) is 9.59 Å². The summed E-state index contributed by atoms with van der Waals surface area (Å²) in [6.07, 6.45) is 0. The number of thiophene rings is 1. The van der Waals surface area contributed by atoms with Crippen LogP contribution in [0.2, 0.25) is 5.02 Å². The smallest absolute Gasteiger partial charge is 0.276 e. The van der Waals surface area contributed by atoms with Crippen LogP contribution in [-0.2, 0) is 4.79 Å². The van der Waals surface area contributed by atoms with Crippen LogP contribution in [0.25, 0.3) is 26.1 Å². The molecule has 0 aliphatic rings. The maximum atomic E-state index is 13.7. The van der Waals surface area contributed by atoms with Crippen LogP contribution in [0.15, 0.2) is 64.5 Å². The Morgan fingerprint density at radius 3 is 2.49 bits per heavy atom. The topological polar surface area (TPSA) is 76.9 Å². The Hall–Kier alpha value is -3.20. The molecule has 5 rings (SSSR count). The third-order valence-corrected chi connectivity index (χ3v) is 7.76. The van der Waals surface area contributed by atoms with E-state index in [1.807, 2.05) is 51.1 Å². The molecule has 1 N–H and O–H groups in total. The van der Waals surface area contributed by atoms with Gasteiger partial charge in [0.05, 0.1) is 17.0 Å². The quantitative estimate of drug-likeness (QED) is 0.217. The number of amides is 1. The molecule has 0 radical (unpaired) electrons. The van der Waals surface area contributed by atoms with Gasteiger partial charge in [0.25, 0.3) is 5.56 Å². The van der Waals surface area contributed by atoms with Crippen LogP contribution < -0.4 is 10.9 Å². The molecular weight excluding hydrogens is 500 g/mol. The van der Waals surface area contributed by atoms with E-state index in [0.717, 1.165) is 32.7 Å². The van der Waals surface area contributed by atoms with Gasteiger partial charge in [0.1, 0.15) is 9.53 Å². The lowest BCUT2D eigenvalue weighted by Crippen LogP contribution is -2.22. The molecule has 9 heteroatoms. The van der Waals surface area contributed by atoms with Crippen molar-refractivity contribution in [3.8, 4) is 5.69 Å². The molecule has 0 saturated heterocycles. The average Bonchev–Trinajstić information content (AvgIpc) is 3.19. The maximum Gasteiger partial charge on any atom is 0.276 e. The second kappa shape index (κ2) is 9.45. The fourth-order valence-electron chi connectivity index (χ4n) is 3.89. The molecule has 0 aliphatic heterocycles. The number of rotatable bonds is 5. The highest BCUT2D eigenvalue weighted by Gasteiger charge is 2.20. The predicted octanol–water partition coefficient (Wildman–Crippen LogP) is 6.30. The molecule has 176 valence electrons. The molecule has 0 unspecified atom stereocenters. The summed E-state index contributed by atoms with van der Waals surface area (Å²) in [5, 5.41) is 4.78. The summed E-state index contributed by atoms with van der Waals surface area (Å²) in [5.41, 5.74) is 4.80. The van der Waals surface area contributed by atoms with Gasteiger partial charge in [-0.1, -0.05) is 41.1 Å². The number of hydrogen-bond acceptors (Lipinski definition) is 6. The van der Waals surface area contributed by atoms with Gasteiger partial charge in [-0.3, -0.25) is 14.2 Å². The number of hydrogen-bond donors (Lipinski definition) is 1. The van der Waals surface area contributed by atoms with Crippen molar-refractivity contribution in [2.24, 2.45) is 0 Å². The van der Waals surface area contributed by atoms with E-state index >= 15 is 0 Å². The lowest BCUT2D eigenvalue weighted by Gasteiger charge is -2.12. The van der Waals surface area contributed by atoms with Crippen LogP contribution in [0, 0.1) is 20.8 Å². The van der Waals surface area contributed by atoms with Crippen molar-refractivity contribution in [3.05, 3.63) is 86.8 Å². The normalized spacial score (nSPS) is 11.3. The Labute approximate surface area is 215 Å². The molecule has 6 nitrogen and oxygen atoms in total. The number of nitrogens with zero attached hydrogens (tertiary/aromatic N) is 3. The molecule has 0 bridgehead atoms. The van der Waals surface area contributed by atoms with Crippen LogP contribution in [0.4, 0.5) is 5.69 Å². The Morgan fingerprint density at radius 2 is 1.77 bits per heavy atom. The van der Waals surface area contributed by atoms with Gasteiger partial charge < -0.3 is 5.32 Å². The zero-order valence-corrected chi connectivity index (χ0v) is 21.6. The minimum Gasteiger partial charge on any atom is -0.325 e. The van der Waals surface area contributed by atoms with E-state index < -0.39 is 0 Å². The van der Waals surface area contributed by atoms with Crippen molar-refractivity contribution in [3.63, 3.8) is 0 Å². The summed E-state index contributed by atoms with van der Waals surface area (Å²) in [5.74, 6) is -0.0860. The largest absolute Gasteiger partial charge is 0.325 e. The number of anilines is 1. The number of aromatic nitrogens is 3. The second-order valence-electron chi connectivity index (χ2n) is 8.25. The monoisotopic (exact) mass is 520 g/mol. The Kier molecular flexibility index (Phi) is 6.35. The fraction of sp³-hybridized carbons (Fsp3) is 0.154. The van der Waals surface area contributed by atoms with E-state index in [2.05, 4.69) is 10.3 Å². The molecule has 0 saturated carbocycles. The molecule has 35 heavy (non-hydrogen) atoms. The fourth-order valence-corrected chi connectivity index (χ4v) is 5.98. The van der Waals surface area contributed by atoms with Gasteiger partial charge in [0.15, 0.2) is 5.16 Å². The summed E-state index contributed by atoms with van der Waals surface area (Å²) in [6, 6.07) is 16.6. The Balaban J connectivity index is 1.59. The van der Waals surface area contributed by atoms with Crippen LogP contribution in [0.1, 0.15) is 16.8 Å². The van der Waals surface area contributed by atoms with Crippen LogP contribution in [0.5, 0.6) is 0 Å². The molecule has 5 aromatic rings. The van der Waals surface area contributed by atoms with Crippen molar-refractivity contribution >= 4 is 66.7 Å². The van der Waals surface area contributed by atoms with E-state index in [4.69, 9.17) is 16.6 Å². The second-order valence-corrected chi connectivity index (χ2v) is 10.6. The van der Waals surface area contributed by atoms with Gasteiger partial charge in [-0.2, -0.15) is 0 Å². The summed E-state index contributed by atoms with van der Waals surface area (Å²) >= 11 is 8.64. The number of fused-ring (bicyclic) bond motifs is 3. The van der Waals surface area contributed by atoms with Gasteiger partial charge in [-0.25, -0.2) is 9.97 Å². The number of thioether (sulfide) groups is 1. The summed E-state index contributed by atoms with van der Waals surface area (Å²) in [6.45, 7) is 5.92. The molecule has 3 aromatic heterocycles. The number of aryl methyl sites for hydroxylation is 3. The Bertz CT molecular complexity index is 1640. The SMILES string of the molecule is Cc1ccc(NC(=O)CSc2nc3c(sc4nc(C)cc(C)c43)c(=O)n2-c2ccc(Cl)cc2)cc1. The number of pyridine rings is 1. The first kappa shape index (κ1) is 23.5. The van der Waals surface area contributed by atoms with Crippen molar-refractivity contribution < 1.29 is 4.79 Å². The van der Waals surface area contributed by atoms with Crippen molar-refractivity contribution in [2.45, 2.75) is 25.9 Å². The Morgan fingerprint density at radius 1 is 1.06 bits per heavy atom. The highest BCUT2D eigenvalue weighted by molar-refractivity contribution is 7.99. The number of benzene rings is 2. The van der Waals surface area contributed by atoms with Crippen molar-refractivity contribution in [2.75, 3.05) is 11.1 Å². The third-order valence-electron chi connectivity index (χ3n) is 5.51. The summed E-state index contributed by atoms with van der Waals surface area (Å²) in [7, 11) is 0. The third kappa shape index (κ3) is 4.69. The number of carbonyl (C=O) groups is 1. The minimum atomic E-state index is -0.196. The standard InChI is InChI=1S/C26H21ClN4O2S2/c1-14-4-8-18(9-5-14)29-20(32)13-34-26-30-22-21-15(2)12-16(3)28-24(21)35-23(22)25(33)31(26)19-10-6-17(27)7-11-19/h4-12H,13H2,1-3H3,(H,29,32). The molecule has 0 atom stereocenters. The van der Waals surface area contributed by atoms with Crippen LogP contribution in [0.3, 0.4) is 0 Å². The van der Waals surface area contributed by atoms with E-state index in [1.165, 1.54) is 23.1 Å². The molecule has 1 amide bonds. The molecule has 3 heterocycles. The maximum absolute atomic E-state index is 13.7. The highest BCUT2D eigenvalue weighted by atomic mass is 35.5. The zero-order valence-electron chi connectivity index (χ0n) is 19.3. The van der Waals surface area contributed by atoms with Crippen LogP contribution in [-0.4, -0.2) is 26.2 Å². The molecule has 2 aromatic carbocycles. The van der Waals surface area contributed by atoms with E-state index in [1.54, 1.807) is 28.8 Å². The lowest BCUT2D eigenvalue weighted by atomic mass is 10.1. The zero-order chi connectivity index (χ0) is 24.7. The van der Waals surface area contributed by atoms with Gasteiger partial charge in [-0.05, 0) is 68.8 Å². The van der Waals surface area contributed by atoms with Gasteiger partial charge in [0.2, 0.25) is 5.91 Å². The lowest BCUT2D eigenvalue weighted by molar-refractivity contribution is -0.113. The van der Waals surface area contributed by atoms with Crippen molar-refractivity contribution in [1.82, 2.24) is 14.5 Å². The summed E-state index contributed by atoms with van der Waals surface area (Å²) < 4.78 is 2.07. The first-order chi connectivity index (χ1) is 16.8. The first-order valence-corrected chi connectivity index (χ1v) is 13.1. The summed E-state index contributed by atoms with van der Waals surface area (Å²) in [4.78, 5) is 36.7. The number of nitrogens with one attached hydrogen (secondary N) is 1. The molecule has 0 fully saturated rings. The van der Waals surface area contributed by atoms with Gasteiger partial charge >= 0.3 is 0 Å². The van der Waals surface area contributed by atoms with E-state index in [-0.39, 0.29) is 17.2 Å².